The fraction of sp³-hybridized carbons (Fsp3) is 0.286. The second kappa shape index (κ2) is 4.64. The van der Waals surface area contributed by atoms with Crippen LogP contribution >= 0.6 is 0 Å². The molecular formula is C14H16N2O2. The van der Waals surface area contributed by atoms with Gasteiger partial charge in [0.25, 0.3) is 0 Å². The van der Waals surface area contributed by atoms with Gasteiger partial charge in [0, 0.05) is 17.8 Å². The van der Waals surface area contributed by atoms with Gasteiger partial charge < -0.3 is 5.11 Å². The van der Waals surface area contributed by atoms with Crippen LogP contribution in [0.5, 0.6) is 0 Å². The summed E-state index contributed by atoms with van der Waals surface area (Å²) in [4.78, 5) is 11.0. The van der Waals surface area contributed by atoms with Crippen LogP contribution in [0.2, 0.25) is 0 Å². The third-order valence-corrected chi connectivity index (χ3v) is 2.92. The molecule has 4 nitrogen and oxygen atoms in total. The summed E-state index contributed by atoms with van der Waals surface area (Å²) in [5, 5.41) is 13.3. The molecule has 2 rings (SSSR count). The molecule has 0 aliphatic carbocycles. The summed E-state index contributed by atoms with van der Waals surface area (Å²) in [5.74, 6) is -0.910. The van der Waals surface area contributed by atoms with Crippen LogP contribution in [0.1, 0.15) is 35.8 Å². The smallest absolute Gasteiger partial charge is 0.335 e. The molecule has 0 amide bonds. The van der Waals surface area contributed by atoms with Gasteiger partial charge in [0.05, 0.1) is 11.3 Å². The lowest BCUT2D eigenvalue weighted by molar-refractivity contribution is 0.0697. The average Bonchev–Trinajstić information content (AvgIpc) is 2.78. The number of nitrogens with zero attached hydrogens (tertiary/aromatic N) is 2. The maximum atomic E-state index is 11.0. The highest BCUT2D eigenvalue weighted by atomic mass is 16.4. The molecule has 1 heterocycles. The van der Waals surface area contributed by atoms with Crippen molar-refractivity contribution in [1.29, 1.82) is 0 Å². The predicted octanol–water partition coefficient (Wildman–Crippen LogP) is 3.14. The van der Waals surface area contributed by atoms with E-state index in [1.54, 1.807) is 18.3 Å². The molecule has 4 heteroatoms. The highest BCUT2D eigenvalue weighted by molar-refractivity contribution is 5.89. The lowest BCUT2D eigenvalue weighted by Gasteiger charge is -2.13. The largest absolute Gasteiger partial charge is 0.478 e. The molecule has 1 aromatic carbocycles. The molecule has 0 saturated carbocycles. The first kappa shape index (κ1) is 12.4. The van der Waals surface area contributed by atoms with E-state index < -0.39 is 5.97 Å². The van der Waals surface area contributed by atoms with Gasteiger partial charge in [-0.3, -0.25) is 4.68 Å². The Labute approximate surface area is 106 Å². The van der Waals surface area contributed by atoms with Crippen LogP contribution in [-0.4, -0.2) is 20.9 Å². The maximum Gasteiger partial charge on any atom is 0.335 e. The Morgan fingerprint density at radius 3 is 2.67 bits per heavy atom. The molecule has 18 heavy (non-hydrogen) atoms. The molecule has 0 radical (unpaired) electrons. The number of aromatic carboxylic acids is 1. The van der Waals surface area contributed by atoms with Crippen LogP contribution in [0.4, 0.5) is 0 Å². The fourth-order valence-corrected chi connectivity index (χ4v) is 1.97. The van der Waals surface area contributed by atoms with Gasteiger partial charge in [-0.2, -0.15) is 5.10 Å². The number of hydrogen-bond acceptors (Lipinski definition) is 2. The van der Waals surface area contributed by atoms with Crippen molar-refractivity contribution < 1.29 is 9.90 Å². The van der Waals surface area contributed by atoms with Crippen molar-refractivity contribution in [2.24, 2.45) is 0 Å². The van der Waals surface area contributed by atoms with Crippen molar-refractivity contribution in [3.63, 3.8) is 0 Å². The van der Waals surface area contributed by atoms with Gasteiger partial charge >= 0.3 is 5.97 Å². The third kappa shape index (κ3) is 2.14. The Morgan fingerprint density at radius 1 is 1.33 bits per heavy atom. The quantitative estimate of drug-likeness (QED) is 0.902. The molecular weight excluding hydrogens is 228 g/mol. The monoisotopic (exact) mass is 244 g/mol. The molecule has 0 aliphatic heterocycles. The number of hydrogen-bond donors (Lipinski definition) is 1. The molecule has 0 bridgehead atoms. The highest BCUT2D eigenvalue weighted by Crippen LogP contribution is 2.26. The SMILES string of the molecule is Cc1ccc(C(=O)O)cc1-c1ccnn1C(C)C. The summed E-state index contributed by atoms with van der Waals surface area (Å²) in [6.45, 7) is 6.07. The summed E-state index contributed by atoms with van der Waals surface area (Å²) in [6.07, 6.45) is 1.74. The van der Waals surface area contributed by atoms with E-state index in [1.807, 2.05) is 37.6 Å². The Kier molecular flexibility index (Phi) is 3.19. The zero-order valence-electron chi connectivity index (χ0n) is 10.7. The topological polar surface area (TPSA) is 55.1 Å². The summed E-state index contributed by atoms with van der Waals surface area (Å²) < 4.78 is 1.90. The zero-order chi connectivity index (χ0) is 13.3. The molecule has 1 N–H and O–H groups in total. The molecule has 0 atom stereocenters. The van der Waals surface area contributed by atoms with Crippen molar-refractivity contribution in [1.82, 2.24) is 9.78 Å². The number of rotatable bonds is 3. The van der Waals surface area contributed by atoms with Crippen LogP contribution in [-0.2, 0) is 0 Å². The minimum Gasteiger partial charge on any atom is -0.478 e. The van der Waals surface area contributed by atoms with Gasteiger partial charge in [-0.1, -0.05) is 6.07 Å². The normalized spacial score (nSPS) is 10.9. The minimum atomic E-state index is -0.910. The van der Waals surface area contributed by atoms with Gasteiger partial charge in [-0.15, -0.1) is 0 Å². The van der Waals surface area contributed by atoms with Crippen molar-refractivity contribution in [3.8, 4) is 11.3 Å². The molecule has 94 valence electrons. The Morgan fingerprint density at radius 2 is 2.06 bits per heavy atom. The lowest BCUT2D eigenvalue weighted by atomic mass is 10.0. The van der Waals surface area contributed by atoms with Crippen LogP contribution in [0.3, 0.4) is 0 Å². The summed E-state index contributed by atoms with van der Waals surface area (Å²) in [5.41, 5.74) is 3.21. The number of aromatic nitrogens is 2. The van der Waals surface area contributed by atoms with E-state index in [0.717, 1.165) is 16.8 Å². The third-order valence-electron chi connectivity index (χ3n) is 2.92. The van der Waals surface area contributed by atoms with Gasteiger partial charge in [-0.25, -0.2) is 4.79 Å². The van der Waals surface area contributed by atoms with Crippen molar-refractivity contribution in [2.75, 3.05) is 0 Å². The van der Waals surface area contributed by atoms with Gasteiger partial charge in [-0.05, 0) is 44.5 Å². The molecule has 0 aliphatic rings. The summed E-state index contributed by atoms with van der Waals surface area (Å²) in [6, 6.07) is 7.30. The van der Waals surface area contributed by atoms with Crippen molar-refractivity contribution in [3.05, 3.63) is 41.6 Å². The van der Waals surface area contributed by atoms with E-state index in [9.17, 15) is 4.79 Å². The van der Waals surface area contributed by atoms with E-state index in [2.05, 4.69) is 5.10 Å². The number of carboxylic acids is 1. The molecule has 2 aromatic rings. The van der Waals surface area contributed by atoms with E-state index in [0.29, 0.717) is 5.56 Å². The van der Waals surface area contributed by atoms with Crippen LogP contribution in [0, 0.1) is 6.92 Å². The van der Waals surface area contributed by atoms with Crippen molar-refractivity contribution >= 4 is 5.97 Å². The van der Waals surface area contributed by atoms with Crippen LogP contribution in [0.15, 0.2) is 30.5 Å². The van der Waals surface area contributed by atoms with Crippen molar-refractivity contribution in [2.45, 2.75) is 26.8 Å². The first-order valence-electron chi connectivity index (χ1n) is 5.88. The number of carboxylic acid groups (broad SMARTS) is 1. The van der Waals surface area contributed by atoms with Crippen LogP contribution in [0.25, 0.3) is 11.3 Å². The standard InChI is InChI=1S/C14H16N2O2/c1-9(2)16-13(6-7-15-16)12-8-11(14(17)18)5-4-10(12)3/h4-9H,1-3H3,(H,17,18). The second-order valence-electron chi connectivity index (χ2n) is 4.59. The molecule has 0 saturated heterocycles. The first-order chi connectivity index (χ1) is 8.50. The van der Waals surface area contributed by atoms with Gasteiger partial charge in [0.1, 0.15) is 0 Å². The van der Waals surface area contributed by atoms with Gasteiger partial charge in [0.2, 0.25) is 0 Å². The summed E-state index contributed by atoms with van der Waals surface area (Å²) in [7, 11) is 0. The second-order valence-corrected chi connectivity index (χ2v) is 4.59. The summed E-state index contributed by atoms with van der Waals surface area (Å²) >= 11 is 0. The number of benzene rings is 1. The Balaban J connectivity index is 2.59. The predicted molar refractivity (Wildman–Crippen MR) is 69.7 cm³/mol. The molecule has 0 unspecified atom stereocenters. The Bertz CT molecular complexity index is 585. The minimum absolute atomic E-state index is 0.239. The van der Waals surface area contributed by atoms with Crippen LogP contribution < -0.4 is 0 Å². The molecule has 0 spiro atoms. The van der Waals surface area contributed by atoms with E-state index in [1.165, 1.54) is 0 Å². The molecule has 0 fully saturated rings. The molecule has 1 aromatic heterocycles. The Hall–Kier alpha value is -2.10. The number of carbonyl (C=O) groups is 1. The van der Waals surface area contributed by atoms with Gasteiger partial charge in [0.15, 0.2) is 0 Å². The lowest BCUT2D eigenvalue weighted by Crippen LogP contribution is -2.06. The highest BCUT2D eigenvalue weighted by Gasteiger charge is 2.13. The fourth-order valence-electron chi connectivity index (χ4n) is 1.97. The van der Waals surface area contributed by atoms with E-state index >= 15 is 0 Å². The van der Waals surface area contributed by atoms with E-state index in [-0.39, 0.29) is 6.04 Å². The first-order valence-corrected chi connectivity index (χ1v) is 5.88. The number of aryl methyl sites for hydroxylation is 1. The maximum absolute atomic E-state index is 11.0. The van der Waals surface area contributed by atoms with E-state index in [4.69, 9.17) is 5.11 Å². The zero-order valence-corrected chi connectivity index (χ0v) is 10.7. The average molecular weight is 244 g/mol.